The smallest absolute Gasteiger partial charge is 0.212 e. The van der Waals surface area contributed by atoms with Crippen LogP contribution in [0, 0.1) is 18.8 Å². The van der Waals surface area contributed by atoms with Gasteiger partial charge < -0.3 is 25.1 Å². The van der Waals surface area contributed by atoms with E-state index >= 15 is 0 Å². The van der Waals surface area contributed by atoms with Gasteiger partial charge in [-0.1, -0.05) is 6.92 Å². The highest BCUT2D eigenvalue weighted by molar-refractivity contribution is 7.99. The van der Waals surface area contributed by atoms with E-state index in [0.29, 0.717) is 29.8 Å². The van der Waals surface area contributed by atoms with Crippen LogP contribution in [-0.4, -0.2) is 64.1 Å². The van der Waals surface area contributed by atoms with Crippen LogP contribution in [0.25, 0.3) is 0 Å². The molecular formula is C17H29N3O4S. The molecule has 2 aliphatic rings. The van der Waals surface area contributed by atoms with E-state index in [4.69, 9.17) is 14.9 Å². The Bertz CT molecular complexity index is 596. The Hall–Kier alpha value is -0.640. The molecule has 142 valence electrons. The predicted molar refractivity (Wildman–Crippen MR) is 96.1 cm³/mol. The largest absolute Gasteiger partial charge is 0.444 e. The number of aliphatic hydroxyl groups is 2. The number of nitrogens with two attached hydrogens (primary N) is 1. The number of aliphatic hydroxyl groups excluding tert-OH is 2. The molecule has 1 aromatic heterocycles. The zero-order valence-electron chi connectivity index (χ0n) is 15.3. The molecule has 0 radical (unpaired) electrons. The van der Waals surface area contributed by atoms with Gasteiger partial charge in [-0.2, -0.15) is 0 Å². The van der Waals surface area contributed by atoms with Gasteiger partial charge in [-0.15, -0.1) is 11.8 Å². The summed E-state index contributed by atoms with van der Waals surface area (Å²) in [6.45, 7) is 5.28. The third kappa shape index (κ3) is 3.48. The maximum atomic E-state index is 10.5. The van der Waals surface area contributed by atoms with Gasteiger partial charge in [0.25, 0.3) is 0 Å². The summed E-state index contributed by atoms with van der Waals surface area (Å²) in [6.07, 6.45) is 0.287. The van der Waals surface area contributed by atoms with Gasteiger partial charge in [0.15, 0.2) is 0 Å². The number of ether oxygens (including phenoxy) is 1. The van der Waals surface area contributed by atoms with Crippen LogP contribution >= 0.6 is 11.8 Å². The van der Waals surface area contributed by atoms with Crippen LogP contribution in [0.4, 0.5) is 0 Å². The zero-order chi connectivity index (χ0) is 18.3. The topological polar surface area (TPSA) is 105 Å². The Morgan fingerprint density at radius 1 is 1.36 bits per heavy atom. The zero-order valence-corrected chi connectivity index (χ0v) is 16.1. The van der Waals surface area contributed by atoms with Gasteiger partial charge in [0.2, 0.25) is 5.89 Å². The Labute approximate surface area is 152 Å². The van der Waals surface area contributed by atoms with Crippen molar-refractivity contribution in [3.05, 3.63) is 17.3 Å². The van der Waals surface area contributed by atoms with Gasteiger partial charge in [-0.05, 0) is 39.1 Å². The Morgan fingerprint density at radius 2 is 2.08 bits per heavy atom. The number of rotatable bonds is 4. The average Bonchev–Trinajstić information content (AvgIpc) is 3.15. The van der Waals surface area contributed by atoms with Crippen molar-refractivity contribution in [2.24, 2.45) is 17.6 Å². The second kappa shape index (κ2) is 7.54. The Morgan fingerprint density at radius 3 is 2.68 bits per heavy atom. The van der Waals surface area contributed by atoms with Gasteiger partial charge in [0.05, 0.1) is 12.1 Å². The molecule has 0 bridgehead atoms. The van der Waals surface area contributed by atoms with Crippen molar-refractivity contribution in [1.29, 1.82) is 0 Å². The molecule has 0 aliphatic carbocycles. The van der Waals surface area contributed by atoms with Crippen molar-refractivity contribution >= 4 is 11.8 Å². The molecule has 7 atom stereocenters. The van der Waals surface area contributed by atoms with Crippen LogP contribution in [0.2, 0.25) is 0 Å². The molecule has 3 heterocycles. The molecule has 0 saturated carbocycles. The summed E-state index contributed by atoms with van der Waals surface area (Å²) in [4.78, 5) is 6.86. The van der Waals surface area contributed by atoms with Crippen molar-refractivity contribution in [2.45, 2.75) is 50.1 Å². The van der Waals surface area contributed by atoms with Crippen molar-refractivity contribution in [3.8, 4) is 0 Å². The number of thioether (sulfide) groups is 1. The van der Waals surface area contributed by atoms with Crippen LogP contribution in [0.5, 0.6) is 0 Å². The fourth-order valence-corrected chi connectivity index (χ4v) is 4.72. The van der Waals surface area contributed by atoms with E-state index in [1.165, 1.54) is 11.8 Å². The number of likely N-dealkylation sites (tertiary alicyclic amines) is 1. The van der Waals surface area contributed by atoms with E-state index in [-0.39, 0.29) is 17.4 Å². The van der Waals surface area contributed by atoms with Crippen LogP contribution in [0.1, 0.15) is 42.8 Å². The third-order valence-corrected chi connectivity index (χ3v) is 6.52. The van der Waals surface area contributed by atoms with Crippen LogP contribution in [0.3, 0.4) is 0 Å². The van der Waals surface area contributed by atoms with Gasteiger partial charge >= 0.3 is 0 Å². The normalized spacial score (nSPS) is 39.9. The van der Waals surface area contributed by atoms with Crippen molar-refractivity contribution < 1.29 is 19.4 Å². The standard InChI is InChI=1S/C17H29N3O4S/c1-8-13(21)14(22)15(24-17(8)25-4)12-9(2)23-16(19-12)11-5-10(6-18)7-20(11)3/h8,10-11,13-15,17,21-22H,5-7,18H2,1-4H3/t8-,10+,11+,13-,14-,15-,17-/m1/s1. The maximum absolute atomic E-state index is 10.5. The SMILES string of the molecule is CS[C@H]1O[C@H](c2nc([C@@H]3C[C@@H](CN)CN3C)oc2C)[C@H](O)[C@H](O)[C@H]1C. The van der Waals surface area contributed by atoms with Crippen molar-refractivity contribution in [3.63, 3.8) is 0 Å². The summed E-state index contributed by atoms with van der Waals surface area (Å²) < 4.78 is 12.0. The van der Waals surface area contributed by atoms with Crippen LogP contribution in [0.15, 0.2) is 4.42 Å². The van der Waals surface area contributed by atoms with Crippen LogP contribution in [-0.2, 0) is 4.74 Å². The van der Waals surface area contributed by atoms with E-state index < -0.39 is 18.3 Å². The quantitative estimate of drug-likeness (QED) is 0.721. The first-order valence-electron chi connectivity index (χ1n) is 8.79. The molecule has 2 fully saturated rings. The third-order valence-electron chi connectivity index (χ3n) is 5.51. The highest BCUT2D eigenvalue weighted by Gasteiger charge is 2.45. The minimum absolute atomic E-state index is 0.0851. The highest BCUT2D eigenvalue weighted by Crippen LogP contribution is 2.41. The van der Waals surface area contributed by atoms with Gasteiger partial charge in [-0.3, -0.25) is 4.90 Å². The van der Waals surface area contributed by atoms with Gasteiger partial charge in [0.1, 0.15) is 29.1 Å². The molecule has 8 heteroatoms. The number of hydrogen-bond donors (Lipinski definition) is 3. The fourth-order valence-electron chi connectivity index (χ4n) is 3.90. The first-order valence-corrected chi connectivity index (χ1v) is 10.1. The number of oxazole rings is 1. The Kier molecular flexibility index (Phi) is 5.77. The molecule has 0 amide bonds. The molecule has 0 spiro atoms. The lowest BCUT2D eigenvalue weighted by Gasteiger charge is -2.40. The Balaban J connectivity index is 1.85. The van der Waals surface area contributed by atoms with Crippen molar-refractivity contribution in [2.75, 3.05) is 26.4 Å². The fraction of sp³-hybridized carbons (Fsp3) is 0.824. The molecule has 7 nitrogen and oxygen atoms in total. The number of aryl methyl sites for hydroxylation is 1. The molecule has 1 aromatic rings. The first kappa shape index (κ1) is 19.1. The second-order valence-corrected chi connectivity index (χ2v) is 8.22. The molecule has 2 saturated heterocycles. The molecule has 4 N–H and O–H groups in total. The summed E-state index contributed by atoms with van der Waals surface area (Å²) in [5.41, 5.74) is 6.19. The average molecular weight is 372 g/mol. The van der Waals surface area contributed by atoms with E-state index in [1.807, 2.05) is 27.2 Å². The van der Waals surface area contributed by atoms with E-state index in [9.17, 15) is 10.2 Å². The predicted octanol–water partition coefficient (Wildman–Crippen LogP) is 1.05. The first-order chi connectivity index (χ1) is 11.9. The second-order valence-electron chi connectivity index (χ2n) is 7.29. The van der Waals surface area contributed by atoms with Crippen LogP contribution < -0.4 is 5.73 Å². The number of aromatic nitrogens is 1. The molecular weight excluding hydrogens is 342 g/mol. The summed E-state index contributed by atoms with van der Waals surface area (Å²) in [5, 5.41) is 20.9. The maximum Gasteiger partial charge on any atom is 0.212 e. The lowest BCUT2D eigenvalue weighted by atomic mass is 9.92. The summed E-state index contributed by atoms with van der Waals surface area (Å²) in [5.74, 6) is 1.55. The lowest BCUT2D eigenvalue weighted by molar-refractivity contribution is -0.175. The van der Waals surface area contributed by atoms with E-state index in [0.717, 1.165) is 13.0 Å². The minimum Gasteiger partial charge on any atom is -0.444 e. The van der Waals surface area contributed by atoms with Crippen molar-refractivity contribution in [1.82, 2.24) is 9.88 Å². The molecule has 2 aliphatic heterocycles. The highest BCUT2D eigenvalue weighted by atomic mass is 32.2. The molecule has 3 rings (SSSR count). The monoisotopic (exact) mass is 371 g/mol. The van der Waals surface area contributed by atoms with E-state index in [2.05, 4.69) is 9.88 Å². The number of hydrogen-bond acceptors (Lipinski definition) is 8. The van der Waals surface area contributed by atoms with E-state index in [1.54, 1.807) is 0 Å². The summed E-state index contributed by atoms with van der Waals surface area (Å²) in [7, 11) is 2.04. The molecule has 25 heavy (non-hydrogen) atoms. The van der Waals surface area contributed by atoms with Gasteiger partial charge in [0, 0.05) is 12.5 Å². The summed E-state index contributed by atoms with van der Waals surface area (Å²) in [6, 6.07) is 0.0851. The van der Waals surface area contributed by atoms with Gasteiger partial charge in [-0.25, -0.2) is 4.98 Å². The number of nitrogens with zero attached hydrogens (tertiary/aromatic N) is 2. The molecule has 0 aromatic carbocycles. The summed E-state index contributed by atoms with van der Waals surface area (Å²) >= 11 is 1.53. The molecule has 0 unspecified atom stereocenters. The minimum atomic E-state index is -1.02. The lowest BCUT2D eigenvalue weighted by Crippen LogP contribution is -2.48.